The minimum absolute atomic E-state index is 0.0000739. The van der Waals surface area contributed by atoms with E-state index in [0.717, 1.165) is 68.9 Å². The van der Waals surface area contributed by atoms with Gasteiger partial charge < -0.3 is 34.5 Å². The van der Waals surface area contributed by atoms with Crippen molar-refractivity contribution < 1.29 is 37.5 Å². The molecule has 3 aliphatic heterocycles. The molecule has 5 heterocycles. The van der Waals surface area contributed by atoms with Gasteiger partial charge in [-0.15, -0.1) is 0 Å². The predicted molar refractivity (Wildman–Crippen MR) is 275 cm³/mol. The van der Waals surface area contributed by atoms with Gasteiger partial charge in [0.1, 0.15) is 18.0 Å². The summed E-state index contributed by atoms with van der Waals surface area (Å²) in [7, 11) is -4.70. The number of anilines is 2. The molecule has 16 nitrogen and oxygen atoms in total. The predicted octanol–water partition coefficient (Wildman–Crippen LogP) is 10.4. The van der Waals surface area contributed by atoms with E-state index in [1.54, 1.807) is 24.4 Å². The number of rotatable bonds is 14. The van der Waals surface area contributed by atoms with E-state index < -0.39 is 37.0 Å². The summed E-state index contributed by atoms with van der Waals surface area (Å²) in [5, 5.41) is 27.0. The number of ether oxygens (including phenoxy) is 3. The molecule has 2 aromatic heterocycles. The zero-order valence-corrected chi connectivity index (χ0v) is 42.3. The Morgan fingerprint density at radius 2 is 1.75 bits per heavy atom. The third-order valence-electron chi connectivity index (χ3n) is 17.1. The fourth-order valence-electron chi connectivity index (χ4n) is 12.5. The summed E-state index contributed by atoms with van der Waals surface area (Å²) in [4.78, 5) is 38.8. The zero-order valence-electron chi connectivity index (χ0n) is 41.5. The van der Waals surface area contributed by atoms with Crippen molar-refractivity contribution in [1.82, 2.24) is 19.6 Å². The number of aliphatic hydroxyl groups is 1. The number of H-pyrrole nitrogens is 1. The van der Waals surface area contributed by atoms with Gasteiger partial charge in [-0.05, 0) is 149 Å². The lowest BCUT2D eigenvalue weighted by atomic mass is 9.59. The molecule has 1 amide bonds. The summed E-state index contributed by atoms with van der Waals surface area (Å²) < 4.78 is 49.5. The van der Waals surface area contributed by atoms with E-state index in [4.69, 9.17) is 19.2 Å². The van der Waals surface area contributed by atoms with Crippen LogP contribution in [-0.2, 0) is 10.0 Å². The number of pyridine rings is 1. The molecule has 0 unspecified atom stereocenters. The van der Waals surface area contributed by atoms with Crippen molar-refractivity contribution >= 4 is 44.0 Å². The topological polar surface area (TPSA) is 201 Å². The van der Waals surface area contributed by atoms with Crippen LogP contribution in [0.2, 0.25) is 0 Å². The van der Waals surface area contributed by atoms with E-state index in [1.807, 2.05) is 19.1 Å². The quantitative estimate of drug-likeness (QED) is 0.0605. The van der Waals surface area contributed by atoms with E-state index in [2.05, 4.69) is 62.9 Å². The lowest BCUT2D eigenvalue weighted by Crippen LogP contribution is -2.54. The van der Waals surface area contributed by atoms with Crippen LogP contribution in [0.25, 0.3) is 11.0 Å². The van der Waals surface area contributed by atoms with Crippen molar-refractivity contribution in [3.05, 3.63) is 99.7 Å². The molecule has 17 heteroatoms. The summed E-state index contributed by atoms with van der Waals surface area (Å²) in [6.07, 6.45) is 14.5. The minimum Gasteiger partial charge on any atom is -0.489 e. The highest BCUT2D eigenvalue weighted by Gasteiger charge is 2.50. The maximum Gasteiger partial charge on any atom is 0.297 e. The summed E-state index contributed by atoms with van der Waals surface area (Å²) in [5.74, 6) is 0.637. The molecule has 72 heavy (non-hydrogen) atoms. The number of likely N-dealkylation sites (tertiary alicyclic amines) is 1. The second kappa shape index (κ2) is 19.2. The highest BCUT2D eigenvalue weighted by atomic mass is 32.2. The number of benzene rings is 3. The van der Waals surface area contributed by atoms with Gasteiger partial charge in [0.25, 0.3) is 27.5 Å². The molecule has 0 bridgehead atoms. The Hall–Kier alpha value is -5.91. The van der Waals surface area contributed by atoms with E-state index in [9.17, 15) is 28.4 Å². The van der Waals surface area contributed by atoms with Gasteiger partial charge in [0.15, 0.2) is 17.2 Å². The SMILES string of the molecule is CC(C)c1ccccc1[C@H]1CCCN1C1CC2(CCN(c3ccc(C(=O)NS(=O)(=O)c4cc5c(c([N+](=O)[O-])c4)N[C@@H](C4CCC(C)(O)CC4)CO5)c(Oc4cc5cc[nH]c5nc4OCC4CCC4)c3)CC2)C1. The number of aromatic amines is 1. The maximum absolute atomic E-state index is 14.4. The van der Waals surface area contributed by atoms with Crippen molar-refractivity contribution in [2.45, 2.75) is 139 Å². The molecule has 0 radical (unpaired) electrons. The van der Waals surface area contributed by atoms with Crippen molar-refractivity contribution in [2.75, 3.05) is 43.1 Å². The third kappa shape index (κ3) is 9.59. The van der Waals surface area contributed by atoms with Crippen molar-refractivity contribution in [3.8, 4) is 23.1 Å². The first-order valence-corrected chi connectivity index (χ1v) is 27.6. The summed E-state index contributed by atoms with van der Waals surface area (Å²) in [6, 6.07) is 20.8. The fraction of sp³-hybridized carbons (Fsp3) is 0.527. The van der Waals surface area contributed by atoms with Crippen LogP contribution >= 0.6 is 0 Å². The number of nitro groups is 1. The van der Waals surface area contributed by atoms with Gasteiger partial charge in [0.05, 0.1) is 33.6 Å². The Morgan fingerprint density at radius 3 is 2.49 bits per heavy atom. The number of nitro benzene ring substituents is 1. The normalized spacial score (nSPS) is 24.5. The van der Waals surface area contributed by atoms with Crippen molar-refractivity contribution in [3.63, 3.8) is 0 Å². The number of hydrogen-bond donors (Lipinski definition) is 4. The summed E-state index contributed by atoms with van der Waals surface area (Å²) >= 11 is 0. The molecule has 5 aromatic rings. The van der Waals surface area contributed by atoms with Crippen LogP contribution in [-0.4, -0.2) is 89.8 Å². The van der Waals surface area contributed by atoms with Crippen LogP contribution in [0.15, 0.2) is 77.8 Å². The van der Waals surface area contributed by atoms with E-state index >= 15 is 0 Å². The van der Waals surface area contributed by atoms with Crippen LogP contribution in [0, 0.1) is 27.4 Å². The van der Waals surface area contributed by atoms with Crippen molar-refractivity contribution in [1.29, 1.82) is 0 Å². The molecule has 3 saturated carbocycles. The molecular formula is C55H67N7O9S. The number of fused-ring (bicyclic) bond motifs is 2. The number of hydrogen-bond acceptors (Lipinski definition) is 13. The second-order valence-electron chi connectivity index (χ2n) is 22.2. The molecule has 6 aliphatic rings. The van der Waals surface area contributed by atoms with Crippen LogP contribution in [0.1, 0.15) is 138 Å². The monoisotopic (exact) mass is 1000 g/mol. The average Bonchev–Trinajstić information content (AvgIpc) is 4.02. The molecule has 5 fully saturated rings. The Morgan fingerprint density at radius 1 is 0.972 bits per heavy atom. The average molecular weight is 1000 g/mol. The van der Waals surface area contributed by atoms with Gasteiger partial charge in [0, 0.05) is 60.6 Å². The number of carbonyl (C=O) groups excluding carboxylic acids is 1. The van der Waals surface area contributed by atoms with Crippen LogP contribution in [0.3, 0.4) is 0 Å². The first-order chi connectivity index (χ1) is 34.6. The van der Waals surface area contributed by atoms with E-state index in [0.29, 0.717) is 61.9 Å². The number of carbonyl (C=O) groups is 1. The van der Waals surface area contributed by atoms with Crippen LogP contribution < -0.4 is 29.1 Å². The second-order valence-corrected chi connectivity index (χ2v) is 23.9. The maximum atomic E-state index is 14.4. The number of nitrogens with one attached hydrogen (secondary N) is 3. The number of nitrogens with zero attached hydrogens (tertiary/aromatic N) is 4. The number of amides is 1. The smallest absolute Gasteiger partial charge is 0.297 e. The lowest BCUT2D eigenvalue weighted by Gasteiger charge is -2.56. The highest BCUT2D eigenvalue weighted by Crippen LogP contribution is 2.55. The first-order valence-electron chi connectivity index (χ1n) is 26.1. The van der Waals surface area contributed by atoms with Crippen LogP contribution in [0.5, 0.6) is 23.1 Å². The first kappa shape index (κ1) is 48.4. The molecule has 3 aromatic carbocycles. The Bertz CT molecular complexity index is 2960. The minimum atomic E-state index is -4.70. The highest BCUT2D eigenvalue weighted by molar-refractivity contribution is 7.90. The number of piperidine rings is 1. The largest absolute Gasteiger partial charge is 0.489 e. The van der Waals surface area contributed by atoms with E-state index in [1.165, 1.54) is 42.9 Å². The number of aromatic nitrogens is 2. The summed E-state index contributed by atoms with van der Waals surface area (Å²) in [5.41, 5.74) is 3.45. The van der Waals surface area contributed by atoms with Gasteiger partial charge in [-0.1, -0.05) is 44.5 Å². The summed E-state index contributed by atoms with van der Waals surface area (Å²) in [6.45, 7) is 9.77. The van der Waals surface area contributed by atoms with E-state index in [-0.39, 0.29) is 58.4 Å². The molecule has 11 rings (SSSR count). The Balaban J connectivity index is 0.838. The van der Waals surface area contributed by atoms with Crippen molar-refractivity contribution in [2.24, 2.45) is 17.3 Å². The lowest BCUT2D eigenvalue weighted by molar-refractivity contribution is -0.384. The fourth-order valence-corrected chi connectivity index (χ4v) is 13.5. The Labute approximate surface area is 421 Å². The zero-order chi connectivity index (χ0) is 49.9. The molecule has 2 saturated heterocycles. The third-order valence-corrected chi connectivity index (χ3v) is 18.4. The standard InChI is InChI=1S/C55H67N7O9S/c1-34(2)41-10-4-5-11-42(41)45-12-7-23-61(45)39-30-55(31-39)20-24-60(25-21-55)38-13-14-43(47(27-38)71-49-26-37-17-22-56-51(37)58-53(49)70-32-35-8-6-9-35)52(63)59-72(67,68)40-28-46(62(65)66)50-48(29-40)69-33-44(57-50)36-15-18-54(3,64)19-16-36/h4-5,10-11,13-14,17,22,26-29,34-36,39,44-45,57,64H,6-9,12,15-16,18-21,23-25,30-33H2,1-3H3,(H,56,58)(H,59,63)/t36?,44-,45-,54?/m1/s1. The molecular weight excluding hydrogens is 935 g/mol. The number of sulfonamides is 1. The van der Waals surface area contributed by atoms with Gasteiger partial charge in [-0.3, -0.25) is 19.8 Å². The van der Waals surface area contributed by atoms with Crippen LogP contribution in [0.4, 0.5) is 17.1 Å². The van der Waals surface area contributed by atoms with Gasteiger partial charge in [-0.25, -0.2) is 13.1 Å². The molecule has 3 aliphatic carbocycles. The Kier molecular flexibility index (Phi) is 12.9. The van der Waals surface area contributed by atoms with Gasteiger partial charge >= 0.3 is 0 Å². The van der Waals surface area contributed by atoms with Gasteiger partial charge in [-0.2, -0.15) is 4.98 Å². The molecule has 2 atom stereocenters. The van der Waals surface area contributed by atoms with Gasteiger partial charge in [0.2, 0.25) is 0 Å². The molecule has 382 valence electrons. The molecule has 1 spiro atoms. The molecule has 4 N–H and O–H groups in total.